The molecule has 0 saturated heterocycles. The summed E-state index contributed by atoms with van der Waals surface area (Å²) in [6.45, 7) is 4.97. The molecule has 0 fully saturated rings. The zero-order valence-electron chi connectivity index (χ0n) is 10.1. The molecule has 0 atom stereocenters. The predicted molar refractivity (Wildman–Crippen MR) is 75.6 cm³/mol. The second kappa shape index (κ2) is 7.02. The van der Waals surface area contributed by atoms with Crippen LogP contribution in [0.25, 0.3) is 0 Å². The lowest BCUT2D eigenvalue weighted by atomic mass is 10.0. The maximum atomic E-state index is 11.9. The Hall–Kier alpha value is -0.540. The van der Waals surface area contributed by atoms with E-state index in [1.54, 1.807) is 12.1 Å². The Morgan fingerprint density at radius 1 is 1.41 bits per heavy atom. The van der Waals surface area contributed by atoms with Crippen LogP contribution in [-0.2, 0) is 0 Å². The van der Waals surface area contributed by atoms with Crippen molar-refractivity contribution in [2.24, 2.45) is 5.92 Å². The first-order valence-corrected chi connectivity index (χ1v) is 6.98. The summed E-state index contributed by atoms with van der Waals surface area (Å²) < 4.78 is 0.856. The Morgan fingerprint density at radius 3 is 2.65 bits per heavy atom. The Bertz CT molecular complexity index is 391. The highest BCUT2D eigenvalue weighted by atomic mass is 79.9. The van der Waals surface area contributed by atoms with E-state index >= 15 is 0 Å². The van der Waals surface area contributed by atoms with Crippen LogP contribution in [0.5, 0.6) is 0 Å². The van der Waals surface area contributed by atoms with Crippen molar-refractivity contribution >= 4 is 33.4 Å². The van der Waals surface area contributed by atoms with Crippen molar-refractivity contribution in [2.45, 2.75) is 26.7 Å². The molecule has 1 amide bonds. The van der Waals surface area contributed by atoms with Gasteiger partial charge in [0.25, 0.3) is 5.91 Å². The van der Waals surface area contributed by atoms with Crippen molar-refractivity contribution in [1.82, 2.24) is 5.32 Å². The van der Waals surface area contributed by atoms with Gasteiger partial charge < -0.3 is 5.32 Å². The molecule has 4 heteroatoms. The maximum Gasteiger partial charge on any atom is 0.252 e. The van der Waals surface area contributed by atoms with Gasteiger partial charge in [-0.05, 0) is 24.1 Å². The molecule has 0 aliphatic carbocycles. The fourth-order valence-corrected chi connectivity index (χ4v) is 2.15. The topological polar surface area (TPSA) is 29.1 Å². The number of nitrogens with one attached hydrogen (secondary N) is 1. The third kappa shape index (κ3) is 4.32. The molecule has 1 aromatic rings. The Labute approximate surface area is 116 Å². The van der Waals surface area contributed by atoms with E-state index in [1.807, 2.05) is 6.07 Å². The Balaban J connectivity index is 2.66. The lowest BCUT2D eigenvalue weighted by Gasteiger charge is -2.13. The fourth-order valence-electron chi connectivity index (χ4n) is 1.58. The molecule has 0 unspecified atom stereocenters. The van der Waals surface area contributed by atoms with Gasteiger partial charge in [0.1, 0.15) is 0 Å². The molecular formula is C13H17BrClNO. The normalized spacial score (nSPS) is 10.6. The van der Waals surface area contributed by atoms with Crippen molar-refractivity contribution in [3.8, 4) is 0 Å². The van der Waals surface area contributed by atoms with Crippen LogP contribution in [0, 0.1) is 5.92 Å². The number of carbonyl (C=O) groups is 1. The van der Waals surface area contributed by atoms with E-state index in [2.05, 4.69) is 35.1 Å². The molecule has 0 saturated carbocycles. The molecule has 2 nitrogen and oxygen atoms in total. The van der Waals surface area contributed by atoms with Gasteiger partial charge >= 0.3 is 0 Å². The highest BCUT2D eigenvalue weighted by Gasteiger charge is 2.12. The van der Waals surface area contributed by atoms with Crippen LogP contribution in [0.15, 0.2) is 22.7 Å². The van der Waals surface area contributed by atoms with Gasteiger partial charge in [-0.2, -0.15) is 0 Å². The second-order valence-corrected chi connectivity index (χ2v) is 5.34. The Kier molecular flexibility index (Phi) is 6.00. The maximum absolute atomic E-state index is 11.9. The van der Waals surface area contributed by atoms with Crippen molar-refractivity contribution in [3.05, 3.63) is 33.3 Å². The lowest BCUT2D eigenvalue weighted by Crippen LogP contribution is -2.29. The van der Waals surface area contributed by atoms with Gasteiger partial charge in [-0.15, -0.1) is 0 Å². The summed E-state index contributed by atoms with van der Waals surface area (Å²) in [4.78, 5) is 11.9. The van der Waals surface area contributed by atoms with Gasteiger partial charge in [-0.3, -0.25) is 4.79 Å². The van der Waals surface area contributed by atoms with Gasteiger partial charge in [0, 0.05) is 11.0 Å². The van der Waals surface area contributed by atoms with Crippen LogP contribution in [0.1, 0.15) is 37.0 Å². The number of carbonyl (C=O) groups excluding carboxylic acids is 1. The molecule has 1 rings (SSSR count). The zero-order valence-corrected chi connectivity index (χ0v) is 12.4. The number of hydrogen-bond acceptors (Lipinski definition) is 1. The minimum atomic E-state index is -0.108. The number of amides is 1. The van der Waals surface area contributed by atoms with Crippen molar-refractivity contribution in [2.75, 3.05) is 6.54 Å². The van der Waals surface area contributed by atoms with E-state index in [9.17, 15) is 4.79 Å². The first-order valence-electron chi connectivity index (χ1n) is 5.81. The number of halogens is 2. The highest BCUT2D eigenvalue weighted by Crippen LogP contribution is 2.21. The van der Waals surface area contributed by atoms with E-state index in [1.165, 1.54) is 0 Å². The third-order valence-corrected chi connectivity index (χ3v) is 3.70. The van der Waals surface area contributed by atoms with Crippen LogP contribution < -0.4 is 5.32 Å². The molecular weight excluding hydrogens is 302 g/mol. The number of hydrogen-bond donors (Lipinski definition) is 1. The summed E-state index contributed by atoms with van der Waals surface area (Å²) in [5.41, 5.74) is 0.520. The molecule has 1 aromatic carbocycles. The summed E-state index contributed by atoms with van der Waals surface area (Å²) in [6, 6.07) is 5.28. The van der Waals surface area contributed by atoms with Gasteiger partial charge in [0.05, 0.1) is 10.6 Å². The van der Waals surface area contributed by atoms with Gasteiger partial charge in [-0.25, -0.2) is 0 Å². The summed E-state index contributed by atoms with van der Waals surface area (Å²) in [7, 11) is 0. The van der Waals surface area contributed by atoms with E-state index in [0.29, 0.717) is 23.0 Å². The molecule has 0 aliphatic rings. The van der Waals surface area contributed by atoms with Crippen molar-refractivity contribution in [3.63, 3.8) is 0 Å². The lowest BCUT2D eigenvalue weighted by molar-refractivity contribution is 0.0946. The SMILES string of the molecule is CCC(CC)CNC(=O)c1cc(Br)ccc1Cl. The predicted octanol–water partition coefficient (Wildman–Crippen LogP) is 4.27. The number of benzene rings is 1. The third-order valence-electron chi connectivity index (χ3n) is 2.88. The average Bonchev–Trinajstić information content (AvgIpc) is 2.33. The minimum absolute atomic E-state index is 0.108. The molecule has 17 heavy (non-hydrogen) atoms. The van der Waals surface area contributed by atoms with Crippen LogP contribution in [0.4, 0.5) is 0 Å². The van der Waals surface area contributed by atoms with Crippen molar-refractivity contribution < 1.29 is 4.79 Å². The zero-order chi connectivity index (χ0) is 12.8. The summed E-state index contributed by atoms with van der Waals surface area (Å²) in [5.74, 6) is 0.424. The van der Waals surface area contributed by atoms with E-state index in [-0.39, 0.29) is 5.91 Å². The molecule has 0 bridgehead atoms. The summed E-state index contributed by atoms with van der Waals surface area (Å²) >= 11 is 9.33. The first-order chi connectivity index (χ1) is 8.08. The molecule has 0 radical (unpaired) electrons. The van der Waals surface area contributed by atoms with E-state index in [0.717, 1.165) is 17.3 Å². The van der Waals surface area contributed by atoms with Crippen LogP contribution in [0.3, 0.4) is 0 Å². The number of rotatable bonds is 5. The largest absolute Gasteiger partial charge is 0.352 e. The van der Waals surface area contributed by atoms with Gasteiger partial charge in [0.15, 0.2) is 0 Å². The Morgan fingerprint density at radius 2 is 2.06 bits per heavy atom. The average molecular weight is 319 g/mol. The monoisotopic (exact) mass is 317 g/mol. The first kappa shape index (κ1) is 14.5. The fraction of sp³-hybridized carbons (Fsp3) is 0.462. The van der Waals surface area contributed by atoms with Crippen LogP contribution in [-0.4, -0.2) is 12.5 Å². The molecule has 1 N–H and O–H groups in total. The summed E-state index contributed by atoms with van der Waals surface area (Å²) in [5, 5.41) is 3.41. The highest BCUT2D eigenvalue weighted by molar-refractivity contribution is 9.10. The quantitative estimate of drug-likeness (QED) is 0.863. The molecule has 0 aromatic heterocycles. The smallest absolute Gasteiger partial charge is 0.252 e. The van der Waals surface area contributed by atoms with Crippen LogP contribution in [0.2, 0.25) is 5.02 Å². The van der Waals surface area contributed by atoms with E-state index < -0.39 is 0 Å². The molecule has 0 aliphatic heterocycles. The van der Waals surface area contributed by atoms with Gasteiger partial charge in [0.2, 0.25) is 0 Å². The van der Waals surface area contributed by atoms with Gasteiger partial charge in [-0.1, -0.05) is 54.2 Å². The molecule has 0 heterocycles. The second-order valence-electron chi connectivity index (χ2n) is 4.02. The summed E-state index contributed by atoms with van der Waals surface area (Å²) in [6.07, 6.45) is 2.14. The molecule has 0 spiro atoms. The van der Waals surface area contributed by atoms with E-state index in [4.69, 9.17) is 11.6 Å². The van der Waals surface area contributed by atoms with Crippen LogP contribution >= 0.6 is 27.5 Å². The van der Waals surface area contributed by atoms with Crippen molar-refractivity contribution in [1.29, 1.82) is 0 Å². The molecule has 94 valence electrons. The minimum Gasteiger partial charge on any atom is -0.352 e. The standard InChI is InChI=1S/C13H17BrClNO/c1-3-9(4-2)8-16-13(17)11-7-10(14)5-6-12(11)15/h5-7,9H,3-4,8H2,1-2H3,(H,16,17).